The van der Waals surface area contributed by atoms with Crippen LogP contribution in [0.15, 0.2) is 44.5 Å². The maximum Gasteiger partial charge on any atom is 0.218 e. The number of H-pyrrole nitrogens is 1. The summed E-state index contributed by atoms with van der Waals surface area (Å²) in [5.41, 5.74) is 27.7. The largest absolute Gasteiger partial charge is 0.369 e. The van der Waals surface area contributed by atoms with E-state index in [1.54, 1.807) is 23.9 Å². The summed E-state index contributed by atoms with van der Waals surface area (Å²) >= 11 is 0. The average Bonchev–Trinajstić information content (AvgIpc) is 3.29. The quantitative estimate of drug-likeness (QED) is 0.306. The highest BCUT2D eigenvalue weighted by Gasteiger charge is 2.08. The van der Waals surface area contributed by atoms with Crippen LogP contribution in [0.4, 0.5) is 0 Å². The Labute approximate surface area is 188 Å². The van der Waals surface area contributed by atoms with E-state index < -0.39 is 0 Å². The van der Waals surface area contributed by atoms with Crippen LogP contribution < -0.4 is 22.9 Å². The minimum atomic E-state index is 0.125. The van der Waals surface area contributed by atoms with E-state index >= 15 is 0 Å². The molecule has 0 aliphatic rings. The maximum atomic E-state index is 6.10. The highest BCUT2D eigenvalue weighted by molar-refractivity contribution is 5.93. The predicted molar refractivity (Wildman–Crippen MR) is 130 cm³/mol. The van der Waals surface area contributed by atoms with Gasteiger partial charge >= 0.3 is 0 Å². The predicted octanol–water partition coefficient (Wildman–Crippen LogP) is -0.157. The monoisotopic (exact) mass is 442 g/mol. The van der Waals surface area contributed by atoms with Crippen LogP contribution in [0.2, 0.25) is 0 Å². The van der Waals surface area contributed by atoms with Gasteiger partial charge in [-0.3, -0.25) is 0 Å². The van der Waals surface area contributed by atoms with Crippen molar-refractivity contribution in [2.75, 3.05) is 21.1 Å². The molecule has 2 aromatic heterocycles. The number of nitrogens with one attached hydrogen (secondary N) is 1. The van der Waals surface area contributed by atoms with E-state index in [0.717, 1.165) is 22.5 Å². The topological polar surface area (TPSA) is 181 Å². The third-order valence-corrected chi connectivity index (χ3v) is 4.74. The van der Waals surface area contributed by atoms with Gasteiger partial charge in [0.2, 0.25) is 17.9 Å². The second-order valence-electron chi connectivity index (χ2n) is 7.61. The minimum Gasteiger partial charge on any atom is -0.369 e. The van der Waals surface area contributed by atoms with Gasteiger partial charge in [-0.25, -0.2) is 9.98 Å². The Kier molecular flexibility index (Phi) is 8.27. The van der Waals surface area contributed by atoms with Gasteiger partial charge in [0.1, 0.15) is 0 Å². The van der Waals surface area contributed by atoms with E-state index in [1.165, 1.54) is 0 Å². The zero-order valence-corrected chi connectivity index (χ0v) is 19.4. The van der Waals surface area contributed by atoms with Gasteiger partial charge in [-0.2, -0.15) is 9.98 Å². The lowest BCUT2D eigenvalue weighted by Gasteiger charge is -2.19. The molecule has 0 spiro atoms. The molecule has 0 saturated carbocycles. The van der Waals surface area contributed by atoms with Crippen LogP contribution in [-0.4, -0.2) is 64.3 Å². The molecule has 12 nitrogen and oxygen atoms in total. The summed E-state index contributed by atoms with van der Waals surface area (Å²) in [5.74, 6) is 0.812. The van der Waals surface area contributed by atoms with Gasteiger partial charge in [0.05, 0.1) is 19.8 Å². The molecular weight excluding hydrogens is 408 g/mol. The summed E-state index contributed by atoms with van der Waals surface area (Å²) < 4.78 is 2.03. The fourth-order valence-corrected chi connectivity index (χ4v) is 2.72. The number of rotatable bonds is 6. The number of nitrogens with two attached hydrogens (primary N) is 4. The smallest absolute Gasteiger partial charge is 0.218 e. The molecule has 9 N–H and O–H groups in total. The van der Waals surface area contributed by atoms with Crippen LogP contribution in [0.1, 0.15) is 22.5 Å². The summed E-state index contributed by atoms with van der Waals surface area (Å²) in [7, 11) is 5.39. The van der Waals surface area contributed by atoms with Crippen molar-refractivity contribution in [1.82, 2.24) is 19.4 Å². The molecule has 0 aliphatic heterocycles. The van der Waals surface area contributed by atoms with E-state index in [9.17, 15) is 0 Å². The molecule has 32 heavy (non-hydrogen) atoms. The van der Waals surface area contributed by atoms with Gasteiger partial charge in [-0.15, -0.1) is 0 Å². The lowest BCUT2D eigenvalue weighted by molar-refractivity contribution is 0.395. The Morgan fingerprint density at radius 3 is 2.19 bits per heavy atom. The average molecular weight is 443 g/mol. The Balaban J connectivity index is 1.99. The van der Waals surface area contributed by atoms with Gasteiger partial charge in [-0.1, -0.05) is 0 Å². The summed E-state index contributed by atoms with van der Waals surface area (Å²) in [6.07, 6.45) is 3.84. The van der Waals surface area contributed by atoms with Crippen molar-refractivity contribution in [3.05, 3.63) is 47.0 Å². The van der Waals surface area contributed by atoms with Crippen LogP contribution >= 0.6 is 0 Å². The van der Waals surface area contributed by atoms with E-state index in [1.807, 2.05) is 50.0 Å². The molecule has 2 aromatic rings. The van der Waals surface area contributed by atoms with Gasteiger partial charge in [0.15, 0.2) is 5.96 Å². The normalized spacial score (nSPS) is 13.5. The zero-order valence-electron chi connectivity index (χ0n) is 19.4. The summed E-state index contributed by atoms with van der Waals surface area (Å²) in [5, 5.41) is 0. The highest BCUT2D eigenvalue weighted by Crippen LogP contribution is 2.10. The number of aromatic nitrogens is 2. The molecule has 2 rings (SSSR count). The van der Waals surface area contributed by atoms with Crippen LogP contribution in [0.25, 0.3) is 0 Å². The molecule has 0 atom stereocenters. The van der Waals surface area contributed by atoms with Crippen molar-refractivity contribution >= 4 is 23.8 Å². The number of aromatic amines is 1. The molecule has 2 heterocycles. The van der Waals surface area contributed by atoms with Crippen molar-refractivity contribution in [3.8, 4) is 0 Å². The molecule has 0 aromatic carbocycles. The van der Waals surface area contributed by atoms with Crippen molar-refractivity contribution in [1.29, 1.82) is 0 Å². The summed E-state index contributed by atoms with van der Waals surface area (Å²) in [4.78, 5) is 23.3. The molecule has 0 aliphatic carbocycles. The molecule has 0 amide bonds. The summed E-state index contributed by atoms with van der Waals surface area (Å²) in [6.45, 7) is 5.28. The van der Waals surface area contributed by atoms with Gasteiger partial charge in [-0.05, 0) is 37.1 Å². The molecule has 0 bridgehead atoms. The first-order chi connectivity index (χ1) is 15.1. The van der Waals surface area contributed by atoms with Gasteiger partial charge < -0.3 is 42.3 Å². The van der Waals surface area contributed by atoms with E-state index in [0.29, 0.717) is 25.7 Å². The van der Waals surface area contributed by atoms with Crippen molar-refractivity contribution < 1.29 is 0 Å². The first-order valence-corrected chi connectivity index (χ1v) is 10.0. The molecule has 0 fully saturated rings. The van der Waals surface area contributed by atoms with E-state index in [2.05, 4.69) is 25.0 Å². The standard InChI is InChI=1S/C20H34N12/c1-13-8-15(9-26-17(21)28-19(23)30(3)4)11-32(13)12-31(5)20(24)29-18(22)27-10-16-6-7-25-14(16)2/h6-8,11,25H,9-10,12H2,1-5H3,(H4,21,23,26,28)(H4,22,24,27,29). The zero-order chi connectivity index (χ0) is 23.8. The van der Waals surface area contributed by atoms with Crippen LogP contribution in [0.3, 0.4) is 0 Å². The highest BCUT2D eigenvalue weighted by atomic mass is 15.3. The summed E-state index contributed by atoms with van der Waals surface area (Å²) in [6, 6.07) is 3.98. The van der Waals surface area contributed by atoms with Gasteiger partial charge in [0, 0.05) is 44.9 Å². The number of aryl methyl sites for hydroxylation is 2. The number of hydrogen-bond donors (Lipinski definition) is 5. The first kappa shape index (κ1) is 24.3. The molecule has 0 radical (unpaired) electrons. The fraction of sp³-hybridized carbons (Fsp3) is 0.400. The minimum absolute atomic E-state index is 0.125. The number of nitrogens with zero attached hydrogens (tertiary/aromatic N) is 7. The van der Waals surface area contributed by atoms with E-state index in [-0.39, 0.29) is 17.9 Å². The maximum absolute atomic E-state index is 6.10. The fourth-order valence-electron chi connectivity index (χ4n) is 2.72. The van der Waals surface area contributed by atoms with Crippen molar-refractivity contribution in [2.45, 2.75) is 33.6 Å². The van der Waals surface area contributed by atoms with Crippen molar-refractivity contribution in [2.24, 2.45) is 42.9 Å². The number of guanidine groups is 4. The Hall–Kier alpha value is -3.96. The van der Waals surface area contributed by atoms with Crippen LogP contribution in [0, 0.1) is 13.8 Å². The molecule has 0 saturated heterocycles. The van der Waals surface area contributed by atoms with Crippen LogP contribution in [0.5, 0.6) is 0 Å². The SMILES string of the molecule is Cc1[nH]ccc1CN=C(N)N=C(N)N(C)Cn1cc(CN=C(N)N=C(N)N(C)C)cc1C. The molecule has 0 unspecified atom stereocenters. The number of aliphatic imine (C=N–C) groups is 4. The number of hydrogen-bond acceptors (Lipinski definition) is 2. The molecular formula is C20H34N12. The molecule has 174 valence electrons. The second kappa shape index (κ2) is 10.9. The lowest BCUT2D eigenvalue weighted by atomic mass is 10.2. The lowest BCUT2D eigenvalue weighted by Crippen LogP contribution is -2.37. The second-order valence-corrected chi connectivity index (χ2v) is 7.61. The Morgan fingerprint density at radius 2 is 1.59 bits per heavy atom. The van der Waals surface area contributed by atoms with Gasteiger partial charge in [0.25, 0.3) is 0 Å². The third kappa shape index (κ3) is 7.07. The first-order valence-electron chi connectivity index (χ1n) is 10.0. The van der Waals surface area contributed by atoms with E-state index in [4.69, 9.17) is 22.9 Å². The van der Waals surface area contributed by atoms with Crippen LogP contribution in [-0.2, 0) is 19.8 Å². The third-order valence-electron chi connectivity index (χ3n) is 4.74. The molecule has 12 heteroatoms. The Bertz CT molecular complexity index is 1020. The van der Waals surface area contributed by atoms with Crippen molar-refractivity contribution in [3.63, 3.8) is 0 Å². The Morgan fingerprint density at radius 1 is 0.969 bits per heavy atom.